The molecule has 0 saturated heterocycles. The highest BCUT2D eigenvalue weighted by molar-refractivity contribution is 7.17. The number of fused-ring (bicyclic) bond motifs is 1. The topological polar surface area (TPSA) is 70.2 Å². The van der Waals surface area contributed by atoms with Crippen LogP contribution >= 0.6 is 11.3 Å². The van der Waals surface area contributed by atoms with Crippen LogP contribution in [0.15, 0.2) is 54.6 Å². The minimum absolute atomic E-state index is 0.142. The van der Waals surface area contributed by atoms with Crippen LogP contribution in [0.2, 0.25) is 0 Å². The van der Waals surface area contributed by atoms with Gasteiger partial charge in [0.05, 0.1) is 12.1 Å². The quantitative estimate of drug-likeness (QED) is 0.371. The number of hydrogen-bond donors (Lipinski definition) is 3. The Morgan fingerprint density at radius 1 is 1.03 bits per heavy atom. The number of thiophene rings is 1. The number of aryl methyl sites for hydroxylation is 1. The van der Waals surface area contributed by atoms with Crippen LogP contribution in [0.3, 0.4) is 0 Å². The summed E-state index contributed by atoms with van der Waals surface area (Å²) in [6.07, 6.45) is 2.84. The van der Waals surface area contributed by atoms with Crippen molar-refractivity contribution in [2.24, 2.45) is 11.3 Å². The monoisotopic (exact) mass is 489 g/mol. The van der Waals surface area contributed by atoms with Crippen molar-refractivity contribution in [3.8, 4) is 0 Å². The first-order valence-corrected chi connectivity index (χ1v) is 13.1. The predicted octanol–water partition coefficient (Wildman–Crippen LogP) is 6.19. The Balaban J connectivity index is 1.53. The number of amides is 2. The highest BCUT2D eigenvalue weighted by atomic mass is 32.1. The van der Waals surface area contributed by atoms with Crippen LogP contribution in [-0.2, 0) is 24.2 Å². The molecule has 1 heterocycles. The van der Waals surface area contributed by atoms with Crippen molar-refractivity contribution in [3.05, 3.63) is 81.7 Å². The number of rotatable bonds is 7. The summed E-state index contributed by atoms with van der Waals surface area (Å²) in [5.41, 5.74) is 4.89. The Hall–Kier alpha value is -2.96. The van der Waals surface area contributed by atoms with Crippen molar-refractivity contribution in [2.75, 3.05) is 17.2 Å². The zero-order chi connectivity index (χ0) is 25.0. The lowest BCUT2D eigenvalue weighted by Crippen LogP contribution is -2.28. The van der Waals surface area contributed by atoms with Crippen LogP contribution in [0, 0.1) is 18.3 Å². The minimum Gasteiger partial charge on any atom is -0.322 e. The summed E-state index contributed by atoms with van der Waals surface area (Å²) in [7, 11) is 0. The number of nitrogens with one attached hydrogen (secondary N) is 3. The molecule has 1 aromatic heterocycles. The van der Waals surface area contributed by atoms with Crippen LogP contribution in [0.25, 0.3) is 0 Å². The SMILES string of the molecule is Cc1cccc(NC(=O)c2c(NC(=O)CNCc3ccccc3)sc3c2CCC(C(C)(C)C)C3)c1. The number of benzene rings is 2. The molecule has 1 aliphatic rings. The molecule has 35 heavy (non-hydrogen) atoms. The van der Waals surface area contributed by atoms with Gasteiger partial charge in [-0.05, 0) is 66.3 Å². The van der Waals surface area contributed by atoms with E-state index in [0.29, 0.717) is 23.0 Å². The van der Waals surface area contributed by atoms with Crippen molar-refractivity contribution in [3.63, 3.8) is 0 Å². The number of carbonyl (C=O) groups is 2. The largest absolute Gasteiger partial charge is 0.322 e. The van der Waals surface area contributed by atoms with Crippen LogP contribution in [-0.4, -0.2) is 18.4 Å². The van der Waals surface area contributed by atoms with Gasteiger partial charge in [0.25, 0.3) is 5.91 Å². The third kappa shape index (κ3) is 6.38. The fourth-order valence-corrected chi connectivity index (χ4v) is 6.00. The molecule has 2 amide bonds. The molecule has 0 spiro atoms. The van der Waals surface area contributed by atoms with Crippen molar-refractivity contribution in [2.45, 2.75) is 53.5 Å². The average Bonchev–Trinajstić information content (AvgIpc) is 3.16. The van der Waals surface area contributed by atoms with Crippen molar-refractivity contribution in [1.29, 1.82) is 0 Å². The van der Waals surface area contributed by atoms with E-state index in [2.05, 4.69) is 36.7 Å². The zero-order valence-corrected chi connectivity index (χ0v) is 21.9. The maximum Gasteiger partial charge on any atom is 0.258 e. The van der Waals surface area contributed by atoms with Crippen molar-refractivity contribution in [1.82, 2.24) is 5.32 Å². The van der Waals surface area contributed by atoms with E-state index in [4.69, 9.17) is 0 Å². The Morgan fingerprint density at radius 2 is 1.80 bits per heavy atom. The third-order valence-corrected chi connectivity index (χ3v) is 7.87. The molecule has 3 N–H and O–H groups in total. The second-order valence-electron chi connectivity index (χ2n) is 10.5. The van der Waals surface area contributed by atoms with Gasteiger partial charge in [0.15, 0.2) is 0 Å². The molecule has 0 saturated carbocycles. The van der Waals surface area contributed by atoms with Gasteiger partial charge < -0.3 is 16.0 Å². The first kappa shape index (κ1) is 25.1. The lowest BCUT2D eigenvalue weighted by atomic mass is 9.72. The van der Waals surface area contributed by atoms with E-state index in [9.17, 15) is 9.59 Å². The van der Waals surface area contributed by atoms with Gasteiger partial charge >= 0.3 is 0 Å². The van der Waals surface area contributed by atoms with Crippen LogP contribution in [0.1, 0.15) is 59.1 Å². The summed E-state index contributed by atoms with van der Waals surface area (Å²) in [4.78, 5) is 27.5. The van der Waals surface area contributed by atoms with E-state index in [0.717, 1.165) is 41.6 Å². The molecule has 1 aliphatic carbocycles. The smallest absolute Gasteiger partial charge is 0.258 e. The predicted molar refractivity (Wildman–Crippen MR) is 145 cm³/mol. The summed E-state index contributed by atoms with van der Waals surface area (Å²) in [6, 6.07) is 17.8. The van der Waals surface area contributed by atoms with E-state index >= 15 is 0 Å². The molecule has 4 rings (SSSR count). The van der Waals surface area contributed by atoms with Crippen molar-refractivity contribution >= 4 is 33.8 Å². The van der Waals surface area contributed by atoms with E-state index in [1.54, 1.807) is 11.3 Å². The normalized spacial score (nSPS) is 15.4. The molecule has 5 nitrogen and oxygen atoms in total. The van der Waals surface area contributed by atoms with Gasteiger partial charge in [0, 0.05) is 17.1 Å². The lowest BCUT2D eigenvalue weighted by Gasteiger charge is -2.33. The molecular formula is C29H35N3O2S. The fraction of sp³-hybridized carbons (Fsp3) is 0.379. The minimum atomic E-state index is -0.158. The van der Waals surface area contributed by atoms with Gasteiger partial charge in [0.2, 0.25) is 5.91 Å². The standard InChI is InChI=1S/C29H35N3O2S/c1-19-9-8-12-22(15-19)31-27(34)26-23-14-13-21(29(2,3)4)16-24(23)35-28(26)32-25(33)18-30-17-20-10-6-5-7-11-20/h5-12,15,21,30H,13-14,16-18H2,1-4H3,(H,31,34)(H,32,33). The average molecular weight is 490 g/mol. The summed E-state index contributed by atoms with van der Waals surface area (Å²) in [5, 5.41) is 9.95. The van der Waals surface area contributed by atoms with Crippen LogP contribution < -0.4 is 16.0 Å². The van der Waals surface area contributed by atoms with Gasteiger partial charge in [-0.25, -0.2) is 0 Å². The van der Waals surface area contributed by atoms with Crippen LogP contribution in [0.4, 0.5) is 10.7 Å². The molecule has 0 fully saturated rings. The molecule has 6 heteroatoms. The fourth-order valence-electron chi connectivity index (χ4n) is 4.66. The molecule has 1 atom stereocenters. The maximum atomic E-state index is 13.5. The first-order chi connectivity index (χ1) is 16.7. The first-order valence-electron chi connectivity index (χ1n) is 12.3. The molecule has 0 bridgehead atoms. The molecule has 1 unspecified atom stereocenters. The van der Waals surface area contributed by atoms with Gasteiger partial charge in [-0.3, -0.25) is 9.59 Å². The van der Waals surface area contributed by atoms with Gasteiger partial charge in [-0.15, -0.1) is 11.3 Å². The van der Waals surface area contributed by atoms with E-state index in [1.165, 1.54) is 4.88 Å². The molecule has 0 aliphatic heterocycles. The summed E-state index contributed by atoms with van der Waals surface area (Å²) in [6.45, 7) is 9.64. The lowest BCUT2D eigenvalue weighted by molar-refractivity contribution is -0.115. The number of hydrogen-bond acceptors (Lipinski definition) is 4. The Labute approximate surface area is 212 Å². The third-order valence-electron chi connectivity index (χ3n) is 6.70. The highest BCUT2D eigenvalue weighted by Crippen LogP contribution is 2.44. The van der Waals surface area contributed by atoms with Gasteiger partial charge in [-0.1, -0.05) is 63.2 Å². The number of anilines is 2. The summed E-state index contributed by atoms with van der Waals surface area (Å²) in [5.74, 6) is 0.254. The Bertz CT molecular complexity index is 1190. The summed E-state index contributed by atoms with van der Waals surface area (Å²) < 4.78 is 0. The Morgan fingerprint density at radius 3 is 2.51 bits per heavy atom. The second-order valence-corrected chi connectivity index (χ2v) is 11.6. The van der Waals surface area contributed by atoms with E-state index < -0.39 is 0 Å². The van der Waals surface area contributed by atoms with Crippen LogP contribution in [0.5, 0.6) is 0 Å². The summed E-state index contributed by atoms with van der Waals surface area (Å²) >= 11 is 1.56. The molecule has 2 aromatic carbocycles. The van der Waals surface area contributed by atoms with Gasteiger partial charge in [-0.2, -0.15) is 0 Å². The molecular weight excluding hydrogens is 454 g/mol. The van der Waals surface area contributed by atoms with E-state index in [-0.39, 0.29) is 23.8 Å². The van der Waals surface area contributed by atoms with Crippen molar-refractivity contribution < 1.29 is 9.59 Å². The van der Waals surface area contributed by atoms with E-state index in [1.807, 2.05) is 61.5 Å². The zero-order valence-electron chi connectivity index (χ0n) is 21.0. The van der Waals surface area contributed by atoms with Gasteiger partial charge in [0.1, 0.15) is 5.00 Å². The number of carbonyl (C=O) groups excluding carboxylic acids is 2. The highest BCUT2D eigenvalue weighted by Gasteiger charge is 2.34. The Kier molecular flexibility index (Phi) is 7.72. The second kappa shape index (κ2) is 10.8. The molecule has 0 radical (unpaired) electrons. The molecule has 3 aromatic rings. The molecule has 184 valence electrons. The maximum absolute atomic E-state index is 13.5.